The molecule has 2 aliphatic rings. The third-order valence-electron chi connectivity index (χ3n) is 5.26. The Labute approximate surface area is 165 Å². The number of ether oxygens (including phenoxy) is 2. The summed E-state index contributed by atoms with van der Waals surface area (Å²) >= 11 is 0. The summed E-state index contributed by atoms with van der Waals surface area (Å²) in [4.78, 5) is 14.7. The van der Waals surface area contributed by atoms with Crippen molar-refractivity contribution >= 4 is 11.6 Å². The molecule has 4 rings (SSSR count). The lowest BCUT2D eigenvalue weighted by Gasteiger charge is -2.15. The number of rotatable bonds is 4. The molecular weight excluding hydrogens is 354 g/mol. The van der Waals surface area contributed by atoms with E-state index in [9.17, 15) is 4.79 Å². The summed E-state index contributed by atoms with van der Waals surface area (Å²) in [5.74, 6) is 1.37. The van der Waals surface area contributed by atoms with Crippen LogP contribution in [0, 0.1) is 0 Å². The van der Waals surface area contributed by atoms with E-state index < -0.39 is 0 Å². The standard InChI is InChI=1S/C22H25N3O3/c1-27-20-11-10-16(14-21(20)28-2)19-9-5-3-4-8-17-15-18(23-25(17)19)22(26)24-12-6-7-13-24/h3,5,9-11,14-15H,4,6-8,12-13H2,1-2H3/b5-3-,19-9-. The number of amides is 1. The molecule has 1 saturated heterocycles. The number of carbonyl (C=O) groups excluding carboxylic acids is 1. The Kier molecular flexibility index (Phi) is 5.19. The van der Waals surface area contributed by atoms with E-state index in [1.54, 1.807) is 14.2 Å². The van der Waals surface area contributed by atoms with Crippen LogP contribution in [0.5, 0.6) is 11.5 Å². The lowest BCUT2D eigenvalue weighted by atomic mass is 10.1. The van der Waals surface area contributed by atoms with E-state index in [2.05, 4.69) is 6.08 Å². The van der Waals surface area contributed by atoms with Gasteiger partial charge in [0.1, 0.15) is 0 Å². The number of nitrogens with zero attached hydrogens (tertiary/aromatic N) is 3. The van der Waals surface area contributed by atoms with Crippen molar-refractivity contribution < 1.29 is 14.3 Å². The number of allylic oxidation sites excluding steroid dienone is 3. The maximum atomic E-state index is 12.8. The third kappa shape index (κ3) is 3.42. The number of likely N-dealkylation sites (tertiary alicyclic amines) is 1. The average Bonchev–Trinajstić information content (AvgIpc) is 3.38. The molecule has 2 aromatic rings. The summed E-state index contributed by atoms with van der Waals surface area (Å²) in [6.45, 7) is 1.64. The second-order valence-corrected chi connectivity index (χ2v) is 7.02. The van der Waals surface area contributed by atoms with Crippen LogP contribution in [0.2, 0.25) is 0 Å². The molecule has 1 amide bonds. The van der Waals surface area contributed by atoms with Crippen LogP contribution in [0.25, 0.3) is 5.70 Å². The molecule has 1 aromatic carbocycles. The van der Waals surface area contributed by atoms with Gasteiger partial charge in [-0.05, 0) is 56.0 Å². The van der Waals surface area contributed by atoms with Crippen molar-refractivity contribution in [2.45, 2.75) is 25.7 Å². The monoisotopic (exact) mass is 379 g/mol. The van der Waals surface area contributed by atoms with E-state index in [1.165, 1.54) is 0 Å². The number of hydrogen-bond donors (Lipinski definition) is 0. The van der Waals surface area contributed by atoms with Crippen LogP contribution in [0.1, 0.15) is 41.0 Å². The molecule has 1 aromatic heterocycles. The number of benzene rings is 1. The van der Waals surface area contributed by atoms with Crippen molar-refractivity contribution in [1.82, 2.24) is 14.7 Å². The molecule has 0 radical (unpaired) electrons. The van der Waals surface area contributed by atoms with Gasteiger partial charge in [-0.2, -0.15) is 5.10 Å². The summed E-state index contributed by atoms with van der Waals surface area (Å²) in [6, 6.07) is 7.74. The molecule has 6 nitrogen and oxygen atoms in total. The van der Waals surface area contributed by atoms with Crippen LogP contribution in [-0.4, -0.2) is 47.9 Å². The van der Waals surface area contributed by atoms with Gasteiger partial charge in [-0.3, -0.25) is 4.79 Å². The first-order valence-electron chi connectivity index (χ1n) is 9.69. The normalized spacial score (nSPS) is 19.2. The minimum absolute atomic E-state index is 0.0244. The topological polar surface area (TPSA) is 56.6 Å². The van der Waals surface area contributed by atoms with Crippen molar-refractivity contribution in [3.63, 3.8) is 0 Å². The van der Waals surface area contributed by atoms with Gasteiger partial charge in [0, 0.05) is 24.3 Å². The highest BCUT2D eigenvalue weighted by molar-refractivity contribution is 5.93. The number of aromatic nitrogens is 2. The molecule has 0 aliphatic carbocycles. The van der Waals surface area contributed by atoms with Crippen LogP contribution >= 0.6 is 0 Å². The van der Waals surface area contributed by atoms with Crippen LogP contribution < -0.4 is 9.47 Å². The summed E-state index contributed by atoms with van der Waals surface area (Å²) < 4.78 is 12.7. The zero-order chi connectivity index (χ0) is 19.5. The predicted octanol–water partition coefficient (Wildman–Crippen LogP) is 3.53. The number of carbonyl (C=O) groups is 1. The van der Waals surface area contributed by atoms with Gasteiger partial charge < -0.3 is 14.4 Å². The highest BCUT2D eigenvalue weighted by Crippen LogP contribution is 2.32. The highest BCUT2D eigenvalue weighted by Gasteiger charge is 2.24. The summed E-state index contributed by atoms with van der Waals surface area (Å²) in [5, 5.41) is 4.70. The van der Waals surface area contributed by atoms with Crippen LogP contribution in [0.4, 0.5) is 0 Å². The van der Waals surface area contributed by atoms with Crippen molar-refractivity contribution in [3.05, 3.63) is 59.4 Å². The maximum Gasteiger partial charge on any atom is 0.274 e. The van der Waals surface area contributed by atoms with Gasteiger partial charge in [0.25, 0.3) is 5.91 Å². The fourth-order valence-corrected chi connectivity index (χ4v) is 3.76. The number of methoxy groups -OCH3 is 2. The minimum Gasteiger partial charge on any atom is -0.493 e. The van der Waals surface area contributed by atoms with E-state index in [0.29, 0.717) is 17.2 Å². The number of hydrogen-bond acceptors (Lipinski definition) is 4. The van der Waals surface area contributed by atoms with Crippen molar-refractivity contribution in [2.75, 3.05) is 27.3 Å². The largest absolute Gasteiger partial charge is 0.493 e. The zero-order valence-electron chi connectivity index (χ0n) is 16.4. The van der Waals surface area contributed by atoms with E-state index in [4.69, 9.17) is 14.6 Å². The first kappa shape index (κ1) is 18.3. The maximum absolute atomic E-state index is 12.8. The van der Waals surface area contributed by atoms with Crippen LogP contribution in [-0.2, 0) is 6.42 Å². The molecule has 3 heterocycles. The number of fused-ring (bicyclic) bond motifs is 1. The van der Waals surface area contributed by atoms with Gasteiger partial charge >= 0.3 is 0 Å². The smallest absolute Gasteiger partial charge is 0.274 e. The van der Waals surface area contributed by atoms with Crippen LogP contribution in [0.3, 0.4) is 0 Å². The third-order valence-corrected chi connectivity index (χ3v) is 5.26. The van der Waals surface area contributed by atoms with Gasteiger partial charge in [0.15, 0.2) is 17.2 Å². The Bertz CT molecular complexity index is 936. The fourth-order valence-electron chi connectivity index (χ4n) is 3.76. The van der Waals surface area contributed by atoms with Crippen molar-refractivity contribution in [1.29, 1.82) is 0 Å². The second kappa shape index (κ2) is 7.92. The molecule has 0 saturated carbocycles. The zero-order valence-corrected chi connectivity index (χ0v) is 16.4. The summed E-state index contributed by atoms with van der Waals surface area (Å²) in [7, 11) is 3.25. The van der Waals surface area contributed by atoms with Gasteiger partial charge in [0.2, 0.25) is 0 Å². The molecule has 0 atom stereocenters. The van der Waals surface area contributed by atoms with Gasteiger partial charge in [-0.1, -0.05) is 12.2 Å². The van der Waals surface area contributed by atoms with Gasteiger partial charge in [-0.15, -0.1) is 0 Å². The molecule has 146 valence electrons. The van der Waals surface area contributed by atoms with Crippen molar-refractivity contribution in [3.8, 4) is 11.5 Å². The minimum atomic E-state index is 0.0244. The van der Waals surface area contributed by atoms with Gasteiger partial charge in [0.05, 0.1) is 19.9 Å². The van der Waals surface area contributed by atoms with E-state index in [0.717, 1.165) is 55.7 Å². The van der Waals surface area contributed by atoms with E-state index >= 15 is 0 Å². The molecule has 0 bridgehead atoms. The molecule has 1 fully saturated rings. The Morgan fingerprint density at radius 1 is 1.07 bits per heavy atom. The lowest BCUT2D eigenvalue weighted by Crippen LogP contribution is -2.28. The quantitative estimate of drug-likeness (QED) is 0.816. The Morgan fingerprint density at radius 2 is 1.86 bits per heavy atom. The summed E-state index contributed by atoms with van der Waals surface area (Å²) in [6.07, 6.45) is 10.1. The van der Waals surface area contributed by atoms with E-state index in [1.807, 2.05) is 46.0 Å². The SMILES string of the molecule is COc1ccc(/C2=C/C=C\CCc3cc(C(=O)N4CCCC4)nn32)cc1OC. The first-order chi connectivity index (χ1) is 13.7. The Hall–Kier alpha value is -3.02. The Balaban J connectivity index is 1.75. The average molecular weight is 379 g/mol. The molecule has 6 heteroatoms. The Morgan fingerprint density at radius 3 is 2.61 bits per heavy atom. The molecule has 28 heavy (non-hydrogen) atoms. The summed E-state index contributed by atoms with van der Waals surface area (Å²) in [5.41, 5.74) is 3.42. The molecule has 2 aliphatic heterocycles. The fraction of sp³-hybridized carbons (Fsp3) is 0.364. The molecule has 0 spiro atoms. The first-order valence-corrected chi connectivity index (χ1v) is 9.69. The van der Waals surface area contributed by atoms with Crippen molar-refractivity contribution in [2.24, 2.45) is 0 Å². The molecule has 0 unspecified atom stereocenters. The molecular formula is C22H25N3O3. The second-order valence-electron chi connectivity index (χ2n) is 7.02. The lowest BCUT2D eigenvalue weighted by molar-refractivity contribution is 0.0786. The number of aryl methyl sites for hydroxylation is 1. The van der Waals surface area contributed by atoms with Crippen LogP contribution in [0.15, 0.2) is 42.5 Å². The van der Waals surface area contributed by atoms with E-state index in [-0.39, 0.29) is 5.91 Å². The molecule has 0 N–H and O–H groups in total. The highest BCUT2D eigenvalue weighted by atomic mass is 16.5. The predicted molar refractivity (Wildman–Crippen MR) is 108 cm³/mol. The van der Waals surface area contributed by atoms with Gasteiger partial charge in [-0.25, -0.2) is 4.68 Å².